The number of nitrogens with one attached hydrogen (secondary N) is 2. The molecule has 10 nitrogen and oxygen atoms in total. The zero-order valence-corrected chi connectivity index (χ0v) is 14.2. The monoisotopic (exact) mass is 365 g/mol. The van der Waals surface area contributed by atoms with Crippen LogP contribution in [0.2, 0.25) is 0 Å². The zero-order valence-electron chi connectivity index (χ0n) is 14.2. The van der Waals surface area contributed by atoms with Crippen molar-refractivity contribution in [1.29, 1.82) is 5.26 Å². The third-order valence-corrected chi connectivity index (χ3v) is 4.56. The van der Waals surface area contributed by atoms with E-state index >= 15 is 0 Å². The van der Waals surface area contributed by atoms with Crippen molar-refractivity contribution in [2.45, 2.75) is 6.42 Å². The first-order valence-corrected chi connectivity index (χ1v) is 8.33. The maximum Gasteiger partial charge on any atom is 0.342 e. The Morgan fingerprint density at radius 2 is 2.22 bits per heavy atom. The van der Waals surface area contributed by atoms with Crippen molar-refractivity contribution >= 4 is 23.7 Å². The molecule has 0 aliphatic carbocycles. The number of likely N-dealkylation sites (tertiary alicyclic amines) is 1. The molecular formula is C17H15N7O3. The molecule has 4 heterocycles. The van der Waals surface area contributed by atoms with Gasteiger partial charge in [-0.15, -0.1) is 0 Å². The summed E-state index contributed by atoms with van der Waals surface area (Å²) in [6.45, 7) is 0.642. The zero-order chi connectivity index (χ0) is 19.0. The number of hydrogen-bond donors (Lipinski definition) is 2. The second kappa shape index (κ2) is 6.53. The Kier molecular flexibility index (Phi) is 4.04. The van der Waals surface area contributed by atoms with Gasteiger partial charge in [-0.1, -0.05) is 0 Å². The minimum absolute atomic E-state index is 0.123. The van der Waals surface area contributed by atoms with Gasteiger partial charge in [-0.2, -0.15) is 15.0 Å². The maximum atomic E-state index is 12.2. The van der Waals surface area contributed by atoms with Crippen LogP contribution in [-0.4, -0.2) is 57.1 Å². The molecule has 0 spiro atoms. The molecule has 4 rings (SSSR count). The molecule has 2 N–H and O–H groups in total. The van der Waals surface area contributed by atoms with Crippen LogP contribution in [0.1, 0.15) is 5.56 Å². The van der Waals surface area contributed by atoms with Gasteiger partial charge in [0.15, 0.2) is 0 Å². The van der Waals surface area contributed by atoms with Crippen molar-refractivity contribution in [3.8, 4) is 17.2 Å². The number of anilines is 1. The molecule has 3 amide bonds. The highest BCUT2D eigenvalue weighted by Crippen LogP contribution is 2.31. The molecule has 2 aliphatic rings. The quantitative estimate of drug-likeness (QED) is 0.785. The van der Waals surface area contributed by atoms with Crippen molar-refractivity contribution in [3.05, 3.63) is 30.2 Å². The van der Waals surface area contributed by atoms with Crippen LogP contribution < -0.4 is 10.6 Å². The minimum atomic E-state index is -0.535. The van der Waals surface area contributed by atoms with Gasteiger partial charge in [0, 0.05) is 36.6 Å². The molecule has 0 radical (unpaired) electrons. The minimum Gasteiger partial charge on any atom is -0.338 e. The normalized spacial score (nSPS) is 15.5. The van der Waals surface area contributed by atoms with E-state index in [4.69, 9.17) is 5.26 Å². The van der Waals surface area contributed by atoms with Gasteiger partial charge in [0.2, 0.25) is 11.8 Å². The summed E-state index contributed by atoms with van der Waals surface area (Å²) in [5.74, 6) is 0.0318. The predicted molar refractivity (Wildman–Crippen MR) is 92.3 cm³/mol. The fourth-order valence-electron chi connectivity index (χ4n) is 3.07. The topological polar surface area (TPSA) is 133 Å². The van der Waals surface area contributed by atoms with Gasteiger partial charge in [0.25, 0.3) is 0 Å². The number of nitriles is 1. The van der Waals surface area contributed by atoms with Crippen LogP contribution >= 0.6 is 0 Å². The summed E-state index contributed by atoms with van der Waals surface area (Å²) in [6, 6.07) is 3.32. The third-order valence-electron chi connectivity index (χ3n) is 4.56. The molecule has 136 valence electrons. The van der Waals surface area contributed by atoms with Crippen molar-refractivity contribution in [1.82, 2.24) is 25.0 Å². The molecule has 2 aromatic heterocycles. The summed E-state index contributed by atoms with van der Waals surface area (Å²) in [5.41, 5.74) is 2.21. The molecule has 1 fully saturated rings. The highest BCUT2D eigenvalue weighted by Gasteiger charge is 2.30. The number of rotatable bonds is 3. The molecule has 2 aliphatic heterocycles. The Hall–Kier alpha value is -3.74. The molecule has 27 heavy (non-hydrogen) atoms. The molecule has 0 atom stereocenters. The van der Waals surface area contributed by atoms with Gasteiger partial charge in [-0.3, -0.25) is 9.59 Å². The number of aromatic nitrogens is 3. The van der Waals surface area contributed by atoms with E-state index in [2.05, 4.69) is 26.8 Å². The van der Waals surface area contributed by atoms with E-state index in [1.54, 1.807) is 12.3 Å². The highest BCUT2D eigenvalue weighted by molar-refractivity contribution is 6.00. The molecule has 0 saturated carbocycles. The summed E-state index contributed by atoms with van der Waals surface area (Å²) in [7, 11) is 0. The average Bonchev–Trinajstić information content (AvgIpc) is 3.24. The van der Waals surface area contributed by atoms with E-state index in [0.29, 0.717) is 24.5 Å². The molecule has 2 aromatic rings. The number of amides is 3. The lowest BCUT2D eigenvalue weighted by Gasteiger charge is -2.35. The Morgan fingerprint density at radius 1 is 1.41 bits per heavy atom. The fourth-order valence-corrected chi connectivity index (χ4v) is 3.07. The maximum absolute atomic E-state index is 12.2. The van der Waals surface area contributed by atoms with Crippen LogP contribution in [0.25, 0.3) is 11.1 Å². The number of carbonyl (C=O) groups is 3. The first-order valence-electron chi connectivity index (χ1n) is 8.33. The van der Waals surface area contributed by atoms with Gasteiger partial charge in [0.05, 0.1) is 31.1 Å². The Labute approximate surface area is 153 Å². The number of nitrogens with zero attached hydrogens (tertiary/aromatic N) is 5. The Morgan fingerprint density at radius 3 is 3.00 bits per heavy atom. The number of pyridine rings is 1. The van der Waals surface area contributed by atoms with Crippen LogP contribution in [0.3, 0.4) is 0 Å². The fraction of sp³-hybridized carbons (Fsp3) is 0.294. The number of fused-ring (bicyclic) bond motifs is 1. The van der Waals surface area contributed by atoms with Crippen LogP contribution in [0, 0.1) is 17.2 Å². The van der Waals surface area contributed by atoms with Crippen molar-refractivity contribution in [2.75, 3.05) is 25.0 Å². The summed E-state index contributed by atoms with van der Waals surface area (Å²) >= 11 is 0. The lowest BCUT2D eigenvalue weighted by atomic mass is 10.0. The predicted octanol–water partition coefficient (Wildman–Crippen LogP) is -0.0206. The summed E-state index contributed by atoms with van der Waals surface area (Å²) in [4.78, 5) is 41.4. The Bertz CT molecular complexity index is 985. The summed E-state index contributed by atoms with van der Waals surface area (Å²) in [6.07, 6.45) is 4.86. The Balaban J connectivity index is 1.41. The molecule has 0 aromatic carbocycles. The molecule has 0 bridgehead atoms. The first-order chi connectivity index (χ1) is 13.0. The molecular weight excluding hydrogens is 350 g/mol. The van der Waals surface area contributed by atoms with Crippen LogP contribution in [0.15, 0.2) is 24.7 Å². The van der Waals surface area contributed by atoms with Crippen molar-refractivity contribution < 1.29 is 14.4 Å². The second-order valence-corrected chi connectivity index (χ2v) is 6.37. The van der Waals surface area contributed by atoms with E-state index in [1.807, 2.05) is 0 Å². The van der Waals surface area contributed by atoms with E-state index in [1.165, 1.54) is 17.3 Å². The summed E-state index contributed by atoms with van der Waals surface area (Å²) in [5, 5.41) is 17.9. The van der Waals surface area contributed by atoms with Crippen molar-refractivity contribution in [2.24, 2.45) is 5.92 Å². The first kappa shape index (κ1) is 16.7. The smallest absolute Gasteiger partial charge is 0.338 e. The molecule has 0 unspecified atom stereocenters. The van der Waals surface area contributed by atoms with E-state index in [-0.39, 0.29) is 30.7 Å². The summed E-state index contributed by atoms with van der Waals surface area (Å²) < 4.78 is 1.10. The highest BCUT2D eigenvalue weighted by atomic mass is 16.2. The SMILES string of the molecule is N#CC1CN(C(=O)CNC(=O)n2cc(-c3ccnc4c3CC(=O)N4)cn2)C1. The average molecular weight is 365 g/mol. The lowest BCUT2D eigenvalue weighted by molar-refractivity contribution is -0.135. The molecule has 1 saturated heterocycles. The van der Waals surface area contributed by atoms with Crippen LogP contribution in [0.4, 0.5) is 10.6 Å². The number of carbonyl (C=O) groups excluding carboxylic acids is 3. The standard InChI is InChI=1S/C17H15N7O3/c18-4-10-7-23(8-10)15(26)6-20-17(27)24-9-11(5-21-24)12-1-2-19-16-13(12)3-14(25)22-16/h1-2,5,9-10H,3,6-8H2,(H,20,27)(H,19,22,25). The molecule has 10 heteroatoms. The van der Waals surface area contributed by atoms with Crippen LogP contribution in [-0.2, 0) is 16.0 Å². The van der Waals surface area contributed by atoms with Gasteiger partial charge < -0.3 is 15.5 Å². The van der Waals surface area contributed by atoms with E-state index in [0.717, 1.165) is 15.8 Å². The largest absolute Gasteiger partial charge is 0.342 e. The van der Waals surface area contributed by atoms with E-state index in [9.17, 15) is 14.4 Å². The van der Waals surface area contributed by atoms with E-state index < -0.39 is 6.03 Å². The van der Waals surface area contributed by atoms with Gasteiger partial charge in [-0.05, 0) is 11.6 Å². The van der Waals surface area contributed by atoms with Gasteiger partial charge >= 0.3 is 6.03 Å². The van der Waals surface area contributed by atoms with Gasteiger partial charge in [-0.25, -0.2) is 9.78 Å². The number of hydrogen-bond acceptors (Lipinski definition) is 6. The van der Waals surface area contributed by atoms with Gasteiger partial charge in [0.1, 0.15) is 5.82 Å². The second-order valence-electron chi connectivity index (χ2n) is 6.37. The van der Waals surface area contributed by atoms with Crippen LogP contribution in [0.5, 0.6) is 0 Å². The third kappa shape index (κ3) is 3.10. The lowest BCUT2D eigenvalue weighted by Crippen LogP contribution is -2.52. The van der Waals surface area contributed by atoms with Crippen molar-refractivity contribution in [3.63, 3.8) is 0 Å².